The van der Waals surface area contributed by atoms with Crippen molar-refractivity contribution in [3.63, 3.8) is 0 Å². The molecule has 112 valence electrons. The number of β-amino-alcohol motifs (C(OH)–C–C–N with tert-alkyl or cyclic N) is 1. The van der Waals surface area contributed by atoms with Crippen molar-refractivity contribution in [1.29, 1.82) is 0 Å². The van der Waals surface area contributed by atoms with E-state index in [-0.39, 0.29) is 0 Å². The molecular weight excluding hydrogens is 250 g/mol. The van der Waals surface area contributed by atoms with Crippen LogP contribution in [-0.4, -0.2) is 41.8 Å². The number of hydrogen-bond acceptors (Lipinski definition) is 3. The van der Waals surface area contributed by atoms with E-state index in [1.807, 2.05) is 32.0 Å². The quantitative estimate of drug-likeness (QED) is 0.898. The molecule has 1 fully saturated rings. The number of ether oxygens (including phenoxy) is 1. The van der Waals surface area contributed by atoms with E-state index in [1.165, 1.54) is 19.3 Å². The van der Waals surface area contributed by atoms with Crippen LogP contribution in [-0.2, 0) is 0 Å². The fraction of sp³-hybridized carbons (Fsp3) is 0.647. The fourth-order valence-corrected chi connectivity index (χ4v) is 2.96. The number of piperidine rings is 1. The predicted octanol–water partition coefficient (Wildman–Crippen LogP) is 2.92. The lowest BCUT2D eigenvalue weighted by Gasteiger charge is -2.34. The Morgan fingerprint density at radius 3 is 2.65 bits per heavy atom. The monoisotopic (exact) mass is 277 g/mol. The van der Waals surface area contributed by atoms with Gasteiger partial charge in [0.15, 0.2) is 0 Å². The number of aryl methyl sites for hydroxylation is 2. The third kappa shape index (κ3) is 3.97. The van der Waals surface area contributed by atoms with Gasteiger partial charge in [0.2, 0.25) is 0 Å². The molecule has 0 saturated carbocycles. The second-order valence-electron chi connectivity index (χ2n) is 6.03. The molecule has 0 spiro atoms. The first-order chi connectivity index (χ1) is 9.58. The highest BCUT2D eigenvalue weighted by Gasteiger charge is 2.21. The van der Waals surface area contributed by atoms with Crippen LogP contribution in [0.15, 0.2) is 18.2 Å². The van der Waals surface area contributed by atoms with E-state index in [4.69, 9.17) is 4.74 Å². The van der Waals surface area contributed by atoms with Crippen LogP contribution < -0.4 is 4.74 Å². The number of aliphatic hydroxyl groups is 1. The van der Waals surface area contributed by atoms with Gasteiger partial charge in [-0.15, -0.1) is 0 Å². The molecule has 1 heterocycles. The maximum atomic E-state index is 10.2. The molecule has 0 amide bonds. The fourth-order valence-electron chi connectivity index (χ4n) is 2.96. The number of nitrogens with zero attached hydrogens (tertiary/aromatic N) is 1. The summed E-state index contributed by atoms with van der Waals surface area (Å²) in [6, 6.07) is 6.70. The lowest BCUT2D eigenvalue weighted by molar-refractivity contribution is 0.0434. The molecule has 3 nitrogen and oxygen atoms in total. The van der Waals surface area contributed by atoms with Gasteiger partial charge in [-0.2, -0.15) is 0 Å². The van der Waals surface area contributed by atoms with Crippen molar-refractivity contribution in [3.8, 4) is 5.75 Å². The molecule has 1 aromatic rings. The normalized spacial score (nSPS) is 21.7. The van der Waals surface area contributed by atoms with Gasteiger partial charge in [0.1, 0.15) is 18.5 Å². The van der Waals surface area contributed by atoms with Gasteiger partial charge >= 0.3 is 0 Å². The van der Waals surface area contributed by atoms with Crippen LogP contribution in [0.4, 0.5) is 0 Å². The van der Waals surface area contributed by atoms with E-state index in [0.29, 0.717) is 19.2 Å². The van der Waals surface area contributed by atoms with Crippen LogP contribution in [0.3, 0.4) is 0 Å². The SMILES string of the molecule is Cc1cccc(C)c1OCC(O)CN1CCCCC1C. The number of para-hydroxylation sites is 1. The molecule has 20 heavy (non-hydrogen) atoms. The van der Waals surface area contributed by atoms with Crippen molar-refractivity contribution >= 4 is 0 Å². The van der Waals surface area contributed by atoms with Crippen LogP contribution >= 0.6 is 0 Å². The van der Waals surface area contributed by atoms with Crippen molar-refractivity contribution in [3.05, 3.63) is 29.3 Å². The van der Waals surface area contributed by atoms with Gasteiger partial charge in [-0.25, -0.2) is 0 Å². The number of aliphatic hydroxyl groups excluding tert-OH is 1. The summed E-state index contributed by atoms with van der Waals surface area (Å²) in [5.74, 6) is 0.915. The summed E-state index contributed by atoms with van der Waals surface area (Å²) in [6.45, 7) is 8.52. The molecule has 0 aliphatic carbocycles. The molecule has 0 radical (unpaired) electrons. The highest BCUT2D eigenvalue weighted by Crippen LogP contribution is 2.22. The maximum absolute atomic E-state index is 10.2. The number of hydrogen-bond donors (Lipinski definition) is 1. The zero-order chi connectivity index (χ0) is 14.5. The average molecular weight is 277 g/mol. The Kier molecular flexibility index (Phi) is 5.44. The van der Waals surface area contributed by atoms with Crippen molar-refractivity contribution < 1.29 is 9.84 Å². The van der Waals surface area contributed by atoms with Gasteiger partial charge in [-0.3, -0.25) is 4.90 Å². The lowest BCUT2D eigenvalue weighted by atomic mass is 10.0. The van der Waals surface area contributed by atoms with Gasteiger partial charge in [0.25, 0.3) is 0 Å². The summed E-state index contributed by atoms with van der Waals surface area (Å²) < 4.78 is 5.83. The summed E-state index contributed by atoms with van der Waals surface area (Å²) >= 11 is 0. The van der Waals surface area contributed by atoms with Crippen molar-refractivity contribution in [2.24, 2.45) is 0 Å². The Bertz CT molecular complexity index is 413. The Morgan fingerprint density at radius 2 is 2.00 bits per heavy atom. The van der Waals surface area contributed by atoms with Crippen molar-refractivity contribution in [2.45, 2.75) is 52.2 Å². The molecule has 1 N–H and O–H groups in total. The van der Waals surface area contributed by atoms with Crippen LogP contribution in [0.25, 0.3) is 0 Å². The third-order valence-electron chi connectivity index (χ3n) is 4.21. The van der Waals surface area contributed by atoms with Crippen molar-refractivity contribution in [1.82, 2.24) is 4.90 Å². The zero-order valence-corrected chi connectivity index (χ0v) is 12.9. The molecule has 2 rings (SSSR count). The molecule has 3 heteroatoms. The Hall–Kier alpha value is -1.06. The van der Waals surface area contributed by atoms with Gasteiger partial charge in [0, 0.05) is 12.6 Å². The first-order valence-corrected chi connectivity index (χ1v) is 7.69. The van der Waals surface area contributed by atoms with Gasteiger partial charge in [-0.1, -0.05) is 24.6 Å². The molecule has 1 aromatic carbocycles. The summed E-state index contributed by atoms with van der Waals surface area (Å²) in [5.41, 5.74) is 2.26. The molecule has 2 unspecified atom stereocenters. The second-order valence-corrected chi connectivity index (χ2v) is 6.03. The van der Waals surface area contributed by atoms with E-state index in [1.54, 1.807) is 0 Å². The number of rotatable bonds is 5. The minimum Gasteiger partial charge on any atom is -0.490 e. The summed E-state index contributed by atoms with van der Waals surface area (Å²) in [4.78, 5) is 2.38. The Labute approximate surface area is 122 Å². The molecule has 0 aromatic heterocycles. The highest BCUT2D eigenvalue weighted by molar-refractivity contribution is 5.39. The van der Waals surface area contributed by atoms with Crippen LogP contribution in [0.2, 0.25) is 0 Å². The summed E-state index contributed by atoms with van der Waals surface area (Å²) in [5, 5.41) is 10.2. The molecule has 1 saturated heterocycles. The Balaban J connectivity index is 1.84. The smallest absolute Gasteiger partial charge is 0.125 e. The molecule has 2 atom stereocenters. The summed E-state index contributed by atoms with van der Waals surface area (Å²) in [6.07, 6.45) is 3.38. The van der Waals surface area contributed by atoms with E-state index in [9.17, 15) is 5.11 Å². The predicted molar refractivity (Wildman–Crippen MR) is 82.3 cm³/mol. The van der Waals surface area contributed by atoms with Crippen LogP contribution in [0, 0.1) is 13.8 Å². The van der Waals surface area contributed by atoms with Gasteiger partial charge < -0.3 is 9.84 Å². The molecule has 0 bridgehead atoms. The van der Waals surface area contributed by atoms with Gasteiger partial charge in [-0.05, 0) is 51.3 Å². The summed E-state index contributed by atoms with van der Waals surface area (Å²) in [7, 11) is 0. The van der Waals surface area contributed by atoms with Crippen LogP contribution in [0.5, 0.6) is 5.75 Å². The first-order valence-electron chi connectivity index (χ1n) is 7.69. The largest absolute Gasteiger partial charge is 0.490 e. The number of benzene rings is 1. The molecular formula is C17H27NO2. The zero-order valence-electron chi connectivity index (χ0n) is 12.9. The topological polar surface area (TPSA) is 32.7 Å². The lowest BCUT2D eigenvalue weighted by Crippen LogP contribution is -2.43. The maximum Gasteiger partial charge on any atom is 0.125 e. The third-order valence-corrected chi connectivity index (χ3v) is 4.21. The minimum absolute atomic E-state index is 0.370. The van der Waals surface area contributed by atoms with E-state index in [0.717, 1.165) is 23.4 Å². The average Bonchev–Trinajstić information content (AvgIpc) is 2.41. The second kappa shape index (κ2) is 7.09. The highest BCUT2D eigenvalue weighted by atomic mass is 16.5. The Morgan fingerprint density at radius 1 is 1.30 bits per heavy atom. The van der Waals surface area contributed by atoms with Crippen molar-refractivity contribution in [2.75, 3.05) is 19.7 Å². The standard InChI is InChI=1S/C17H27NO2/c1-13-7-6-8-14(2)17(13)20-12-16(19)11-18-10-5-4-9-15(18)3/h6-8,15-16,19H,4-5,9-12H2,1-3H3. The molecule has 1 aliphatic rings. The van der Waals surface area contributed by atoms with Crippen LogP contribution in [0.1, 0.15) is 37.3 Å². The molecule has 1 aliphatic heterocycles. The number of likely N-dealkylation sites (tertiary alicyclic amines) is 1. The van der Waals surface area contributed by atoms with Gasteiger partial charge in [0.05, 0.1) is 0 Å². The first kappa shape index (κ1) is 15.3. The van der Waals surface area contributed by atoms with E-state index in [2.05, 4.69) is 11.8 Å². The van der Waals surface area contributed by atoms with E-state index >= 15 is 0 Å². The van der Waals surface area contributed by atoms with E-state index < -0.39 is 6.10 Å². The minimum atomic E-state index is -0.422.